The summed E-state index contributed by atoms with van der Waals surface area (Å²) in [6, 6.07) is 6.59. The van der Waals surface area contributed by atoms with Crippen LogP contribution in [0.25, 0.3) is 5.52 Å². The van der Waals surface area contributed by atoms with Crippen molar-refractivity contribution >= 4 is 5.52 Å². The van der Waals surface area contributed by atoms with Crippen LogP contribution in [0, 0.1) is 5.95 Å². The van der Waals surface area contributed by atoms with Gasteiger partial charge in [0, 0.05) is 0 Å². The quantitative estimate of drug-likeness (QED) is 0.501. The lowest BCUT2D eigenvalue weighted by Gasteiger charge is -1.91. The van der Waals surface area contributed by atoms with E-state index in [-0.39, 0.29) is 5.95 Å². The zero-order chi connectivity index (χ0) is 6.97. The van der Waals surface area contributed by atoms with Crippen molar-refractivity contribution in [3.8, 4) is 0 Å². The Morgan fingerprint density at radius 2 is 2.20 bits per heavy atom. The normalized spacial score (nSPS) is 10.5. The Labute approximate surface area is 56.9 Å². The highest BCUT2D eigenvalue weighted by molar-refractivity contribution is 5.44. The first-order valence-corrected chi connectivity index (χ1v) is 2.96. The number of pyridine rings is 1. The smallest absolute Gasteiger partial charge is 0.207 e. The van der Waals surface area contributed by atoms with E-state index in [0.717, 1.165) is 5.52 Å². The van der Waals surface area contributed by atoms with Crippen molar-refractivity contribution in [3.05, 3.63) is 36.4 Å². The summed E-state index contributed by atoms with van der Waals surface area (Å²) < 4.78 is 14.0. The third-order valence-corrected chi connectivity index (χ3v) is 1.38. The highest BCUT2D eigenvalue weighted by Crippen LogP contribution is 2.03. The van der Waals surface area contributed by atoms with Crippen LogP contribution in [0.3, 0.4) is 0 Å². The van der Waals surface area contributed by atoms with E-state index in [9.17, 15) is 4.39 Å². The van der Waals surface area contributed by atoms with Gasteiger partial charge in [-0.2, -0.15) is 9.49 Å². The molecular formula is C7H5FN2. The lowest BCUT2D eigenvalue weighted by atomic mass is 10.4. The summed E-state index contributed by atoms with van der Waals surface area (Å²) in [6.07, 6.45) is 1.57. The van der Waals surface area contributed by atoms with Gasteiger partial charge in [-0.25, -0.2) is 4.52 Å². The van der Waals surface area contributed by atoms with Gasteiger partial charge in [-0.05, 0) is 18.2 Å². The summed E-state index contributed by atoms with van der Waals surface area (Å²) in [5.41, 5.74) is 0.778. The first kappa shape index (κ1) is 5.41. The molecule has 0 radical (unpaired) electrons. The molecule has 0 spiro atoms. The molecule has 0 aliphatic carbocycles. The largest absolute Gasteiger partial charge is 0.214 e. The van der Waals surface area contributed by atoms with Crippen LogP contribution in [-0.4, -0.2) is 9.61 Å². The molecule has 2 aromatic heterocycles. The molecule has 10 heavy (non-hydrogen) atoms. The van der Waals surface area contributed by atoms with Gasteiger partial charge in [0.15, 0.2) is 0 Å². The first-order valence-electron chi connectivity index (χ1n) is 2.96. The summed E-state index contributed by atoms with van der Waals surface area (Å²) >= 11 is 0. The average molecular weight is 136 g/mol. The Morgan fingerprint density at radius 3 is 3.00 bits per heavy atom. The van der Waals surface area contributed by atoms with Crippen LogP contribution in [0.5, 0.6) is 0 Å². The van der Waals surface area contributed by atoms with Crippen LogP contribution in [0.2, 0.25) is 0 Å². The molecule has 0 aliphatic rings. The van der Waals surface area contributed by atoms with E-state index in [1.165, 1.54) is 10.6 Å². The average Bonchev–Trinajstić information content (AvgIpc) is 2.36. The Balaban J connectivity index is 2.95. The SMILES string of the molecule is Fc1cccc2ccnn12. The summed E-state index contributed by atoms with van der Waals surface area (Å²) in [5, 5.41) is 3.76. The Kier molecular flexibility index (Phi) is 0.974. The molecule has 0 N–H and O–H groups in total. The van der Waals surface area contributed by atoms with Gasteiger partial charge in [0.2, 0.25) is 5.95 Å². The minimum absolute atomic E-state index is 0.331. The maximum absolute atomic E-state index is 12.7. The molecule has 3 heteroatoms. The number of hydrogen-bond acceptors (Lipinski definition) is 1. The molecule has 50 valence electrons. The molecular weight excluding hydrogens is 131 g/mol. The van der Waals surface area contributed by atoms with Crippen LogP contribution in [0.1, 0.15) is 0 Å². The Hall–Kier alpha value is -1.38. The Morgan fingerprint density at radius 1 is 1.30 bits per heavy atom. The summed E-state index contributed by atoms with van der Waals surface area (Å²) in [4.78, 5) is 0. The predicted octanol–water partition coefficient (Wildman–Crippen LogP) is 1.47. The minimum atomic E-state index is -0.331. The zero-order valence-electron chi connectivity index (χ0n) is 5.16. The van der Waals surface area contributed by atoms with E-state index in [4.69, 9.17) is 0 Å². The van der Waals surface area contributed by atoms with E-state index in [2.05, 4.69) is 5.10 Å². The van der Waals surface area contributed by atoms with Crippen LogP contribution in [-0.2, 0) is 0 Å². The number of hydrogen-bond donors (Lipinski definition) is 0. The fourth-order valence-electron chi connectivity index (χ4n) is 0.915. The van der Waals surface area contributed by atoms with E-state index < -0.39 is 0 Å². The third kappa shape index (κ3) is 0.603. The van der Waals surface area contributed by atoms with E-state index in [1.54, 1.807) is 24.4 Å². The van der Waals surface area contributed by atoms with Crippen LogP contribution >= 0.6 is 0 Å². The lowest BCUT2D eigenvalue weighted by molar-refractivity contribution is 0.545. The van der Waals surface area contributed by atoms with Gasteiger partial charge in [-0.3, -0.25) is 0 Å². The molecule has 0 aromatic carbocycles. The minimum Gasteiger partial charge on any atom is -0.207 e. The van der Waals surface area contributed by atoms with E-state index in [0.29, 0.717) is 0 Å². The molecule has 0 unspecified atom stereocenters. The third-order valence-electron chi connectivity index (χ3n) is 1.38. The number of nitrogens with zero attached hydrogens (tertiary/aromatic N) is 2. The fraction of sp³-hybridized carbons (Fsp3) is 0. The van der Waals surface area contributed by atoms with Crippen molar-refractivity contribution in [2.45, 2.75) is 0 Å². The maximum Gasteiger partial charge on any atom is 0.214 e. The van der Waals surface area contributed by atoms with Crippen molar-refractivity contribution < 1.29 is 4.39 Å². The number of rotatable bonds is 0. The van der Waals surface area contributed by atoms with E-state index >= 15 is 0 Å². The lowest BCUT2D eigenvalue weighted by Crippen LogP contribution is -1.91. The van der Waals surface area contributed by atoms with Gasteiger partial charge in [-0.15, -0.1) is 0 Å². The number of halogens is 1. The molecule has 2 heterocycles. The molecule has 2 nitrogen and oxygen atoms in total. The van der Waals surface area contributed by atoms with Gasteiger partial charge < -0.3 is 0 Å². The molecule has 0 saturated carbocycles. The van der Waals surface area contributed by atoms with Crippen molar-refractivity contribution in [1.29, 1.82) is 0 Å². The van der Waals surface area contributed by atoms with E-state index in [1.807, 2.05) is 0 Å². The van der Waals surface area contributed by atoms with Gasteiger partial charge in [0.05, 0.1) is 11.7 Å². The number of aromatic nitrogens is 2. The number of fused-ring (bicyclic) bond motifs is 1. The fourth-order valence-corrected chi connectivity index (χ4v) is 0.915. The second-order valence-electron chi connectivity index (χ2n) is 2.02. The van der Waals surface area contributed by atoms with Crippen LogP contribution < -0.4 is 0 Å². The zero-order valence-corrected chi connectivity index (χ0v) is 5.16. The van der Waals surface area contributed by atoms with Gasteiger partial charge in [-0.1, -0.05) is 6.07 Å². The van der Waals surface area contributed by atoms with Crippen molar-refractivity contribution in [3.63, 3.8) is 0 Å². The first-order chi connectivity index (χ1) is 4.88. The van der Waals surface area contributed by atoms with Crippen molar-refractivity contribution in [2.24, 2.45) is 0 Å². The van der Waals surface area contributed by atoms with Gasteiger partial charge in [0.25, 0.3) is 0 Å². The second-order valence-corrected chi connectivity index (χ2v) is 2.02. The summed E-state index contributed by atoms with van der Waals surface area (Å²) in [6.45, 7) is 0. The highest BCUT2D eigenvalue weighted by atomic mass is 19.1. The highest BCUT2D eigenvalue weighted by Gasteiger charge is 1.95. The van der Waals surface area contributed by atoms with Crippen molar-refractivity contribution in [1.82, 2.24) is 9.61 Å². The molecule has 0 fully saturated rings. The summed E-state index contributed by atoms with van der Waals surface area (Å²) in [5.74, 6) is -0.331. The standard InChI is InChI=1S/C7H5FN2/c8-7-3-1-2-6-4-5-9-10(6)7/h1-5H. The maximum atomic E-state index is 12.7. The molecule has 2 aromatic rings. The van der Waals surface area contributed by atoms with Crippen molar-refractivity contribution in [2.75, 3.05) is 0 Å². The molecule has 2 rings (SSSR count). The molecule has 0 aliphatic heterocycles. The predicted molar refractivity (Wildman–Crippen MR) is 35.2 cm³/mol. The molecule has 0 bridgehead atoms. The summed E-state index contributed by atoms with van der Waals surface area (Å²) in [7, 11) is 0. The molecule has 0 saturated heterocycles. The van der Waals surface area contributed by atoms with Crippen LogP contribution in [0.15, 0.2) is 30.5 Å². The van der Waals surface area contributed by atoms with Gasteiger partial charge >= 0.3 is 0 Å². The topological polar surface area (TPSA) is 17.3 Å². The monoisotopic (exact) mass is 136 g/mol. The Bertz CT molecular complexity index is 353. The van der Waals surface area contributed by atoms with Gasteiger partial charge in [0.1, 0.15) is 0 Å². The molecule has 0 atom stereocenters. The second kappa shape index (κ2) is 1.80. The molecule has 0 amide bonds. The van der Waals surface area contributed by atoms with Crippen LogP contribution in [0.4, 0.5) is 4.39 Å².